The van der Waals surface area contributed by atoms with Crippen molar-refractivity contribution < 1.29 is 38.6 Å². The molecule has 2 heterocycles. The molecule has 0 aliphatic carbocycles. The standard InChI is InChI=1S/C42H55N7O8/c1-3-4-5-6-7-8-9-27-10-13-29(14-11-27)39(51)48-34-25-45-49(41(34)53)37-30-15-17-36(57-21-19-44)32(24-30)31-22-28(12-16-35(31)56-20-18-43)23-33(42(54)55)47-38(50)26(2)46-40(37)52/h10-17,22,24,26,33-34,37,45H,3-9,18-21,23,25,43-44H2,1-2H3,(H,46,52)(H,47,50)(H,48,51)(H,54,55)/t26-,33-,34-,37-/m0/s1. The van der Waals surface area contributed by atoms with Crippen molar-refractivity contribution in [3.8, 4) is 22.6 Å². The zero-order chi connectivity index (χ0) is 40.9. The normalized spacial score (nSPS) is 19.6. The third kappa shape index (κ3) is 11.1. The van der Waals surface area contributed by atoms with E-state index in [0.29, 0.717) is 39.3 Å². The van der Waals surface area contributed by atoms with E-state index in [1.165, 1.54) is 32.6 Å². The number of hydrogen-bond donors (Lipinski definition) is 7. The molecule has 3 aromatic rings. The molecule has 1 fully saturated rings. The van der Waals surface area contributed by atoms with Crippen molar-refractivity contribution in [1.82, 2.24) is 26.4 Å². The fraction of sp³-hybridized carbons (Fsp3) is 0.452. The summed E-state index contributed by atoms with van der Waals surface area (Å²) in [4.78, 5) is 67.3. The lowest BCUT2D eigenvalue weighted by molar-refractivity contribution is -0.143. The van der Waals surface area contributed by atoms with Crippen LogP contribution >= 0.6 is 0 Å². The molecule has 9 N–H and O–H groups in total. The highest BCUT2D eigenvalue weighted by Crippen LogP contribution is 2.40. The molecule has 4 amide bonds. The SMILES string of the molecule is CCCCCCCCc1ccc(C(=O)N[C@H]2CNN([C@@H]3C(=O)N[C@@H](C)C(=O)N[C@H](C(=O)O)Cc4ccc(OCCN)c(c4)-c4cc3ccc4OCCN)C2=O)cc1. The van der Waals surface area contributed by atoms with Crippen molar-refractivity contribution in [2.24, 2.45) is 11.5 Å². The van der Waals surface area contributed by atoms with Gasteiger partial charge >= 0.3 is 5.97 Å². The van der Waals surface area contributed by atoms with Crippen LogP contribution in [0.2, 0.25) is 0 Å². The molecule has 57 heavy (non-hydrogen) atoms. The first-order valence-corrected chi connectivity index (χ1v) is 19.8. The number of carboxylic acid groups (broad SMARTS) is 1. The van der Waals surface area contributed by atoms with Crippen LogP contribution in [0.5, 0.6) is 11.5 Å². The maximum absolute atomic E-state index is 14.2. The minimum atomic E-state index is -1.35. The first kappa shape index (κ1) is 42.6. The molecule has 0 unspecified atom stereocenters. The van der Waals surface area contributed by atoms with Gasteiger partial charge in [-0.25, -0.2) is 10.2 Å². The van der Waals surface area contributed by atoms with Gasteiger partial charge in [0.25, 0.3) is 11.8 Å². The van der Waals surface area contributed by atoms with Crippen LogP contribution in [-0.2, 0) is 32.0 Å². The van der Waals surface area contributed by atoms with Gasteiger partial charge < -0.3 is 42.0 Å². The molecule has 0 spiro atoms. The zero-order valence-electron chi connectivity index (χ0n) is 32.7. The van der Waals surface area contributed by atoms with Gasteiger partial charge in [0, 0.05) is 42.7 Å². The van der Waals surface area contributed by atoms with E-state index < -0.39 is 53.8 Å². The van der Waals surface area contributed by atoms with Crippen LogP contribution in [-0.4, -0.2) is 90.7 Å². The van der Waals surface area contributed by atoms with Gasteiger partial charge in [-0.1, -0.05) is 63.3 Å². The average molecular weight is 786 g/mol. The van der Waals surface area contributed by atoms with E-state index >= 15 is 0 Å². The molecule has 5 rings (SSSR count). The Kier molecular flexibility index (Phi) is 15.4. The number of hydrazine groups is 1. The van der Waals surface area contributed by atoms with Crippen LogP contribution in [0, 0.1) is 0 Å². The number of benzene rings is 3. The maximum Gasteiger partial charge on any atom is 0.326 e. The number of amides is 4. The van der Waals surface area contributed by atoms with E-state index in [0.717, 1.165) is 29.8 Å². The van der Waals surface area contributed by atoms with Gasteiger partial charge in [-0.2, -0.15) is 0 Å². The smallest absolute Gasteiger partial charge is 0.326 e. The molecular weight excluding hydrogens is 731 g/mol. The quantitative estimate of drug-likeness (QED) is 0.0985. The van der Waals surface area contributed by atoms with Crippen LogP contribution in [0.1, 0.15) is 85.5 Å². The van der Waals surface area contributed by atoms with E-state index in [2.05, 4.69) is 28.3 Å². The Morgan fingerprint density at radius 3 is 2.16 bits per heavy atom. The second-order valence-electron chi connectivity index (χ2n) is 14.4. The minimum Gasteiger partial charge on any atom is -0.492 e. The molecule has 2 aliphatic heterocycles. The number of hydrogen-bond acceptors (Lipinski definition) is 10. The third-order valence-corrected chi connectivity index (χ3v) is 10.1. The van der Waals surface area contributed by atoms with Crippen LogP contribution in [0.15, 0.2) is 60.7 Å². The van der Waals surface area contributed by atoms with Crippen molar-refractivity contribution in [1.29, 1.82) is 0 Å². The summed E-state index contributed by atoms with van der Waals surface area (Å²) in [6.07, 6.45) is 8.02. The van der Waals surface area contributed by atoms with Gasteiger partial charge in [0.2, 0.25) is 11.8 Å². The predicted molar refractivity (Wildman–Crippen MR) is 214 cm³/mol. The Labute approximate surface area is 333 Å². The Morgan fingerprint density at radius 2 is 1.49 bits per heavy atom. The molecule has 0 radical (unpaired) electrons. The number of fused-ring (bicyclic) bond motifs is 5. The van der Waals surface area contributed by atoms with Gasteiger partial charge in [-0.3, -0.25) is 24.2 Å². The zero-order valence-corrected chi connectivity index (χ0v) is 32.7. The Bertz CT molecular complexity index is 1890. The number of aryl methyl sites for hydroxylation is 1. The van der Waals surface area contributed by atoms with Crippen LogP contribution < -0.4 is 42.3 Å². The largest absolute Gasteiger partial charge is 0.492 e. The first-order valence-electron chi connectivity index (χ1n) is 19.8. The lowest BCUT2D eigenvalue weighted by atomic mass is 9.94. The Morgan fingerprint density at radius 1 is 0.842 bits per heavy atom. The molecule has 1 saturated heterocycles. The number of nitrogens with one attached hydrogen (secondary N) is 4. The number of ether oxygens (including phenoxy) is 2. The number of nitrogens with two attached hydrogens (primary N) is 2. The second-order valence-corrected chi connectivity index (χ2v) is 14.4. The highest BCUT2D eigenvalue weighted by Gasteiger charge is 2.42. The van der Waals surface area contributed by atoms with E-state index in [1.54, 1.807) is 48.5 Å². The second kappa shape index (κ2) is 20.6. The molecule has 15 nitrogen and oxygen atoms in total. The van der Waals surface area contributed by atoms with Gasteiger partial charge in [0.1, 0.15) is 42.8 Å². The van der Waals surface area contributed by atoms with Crippen molar-refractivity contribution in [2.75, 3.05) is 32.8 Å². The summed E-state index contributed by atoms with van der Waals surface area (Å²) in [7, 11) is 0. The maximum atomic E-state index is 14.2. The monoisotopic (exact) mass is 785 g/mol. The highest BCUT2D eigenvalue weighted by atomic mass is 16.5. The molecule has 3 aromatic carbocycles. The van der Waals surface area contributed by atoms with Crippen molar-refractivity contribution in [3.05, 3.63) is 82.9 Å². The summed E-state index contributed by atoms with van der Waals surface area (Å²) >= 11 is 0. The van der Waals surface area contributed by atoms with Crippen LogP contribution in [0.4, 0.5) is 0 Å². The van der Waals surface area contributed by atoms with Crippen molar-refractivity contribution in [2.45, 2.75) is 89.4 Å². The Balaban J connectivity index is 1.46. The summed E-state index contributed by atoms with van der Waals surface area (Å²) in [5, 5.41) is 19.2. The van der Waals surface area contributed by atoms with Gasteiger partial charge in [-0.15, -0.1) is 0 Å². The fourth-order valence-corrected chi connectivity index (χ4v) is 6.97. The molecule has 4 bridgehead atoms. The van der Waals surface area contributed by atoms with Gasteiger partial charge in [0.05, 0.1) is 0 Å². The molecule has 306 valence electrons. The number of nitrogens with zero attached hydrogens (tertiary/aromatic N) is 1. The molecule has 2 aliphatic rings. The lowest BCUT2D eigenvalue weighted by Crippen LogP contribution is -2.54. The number of rotatable bonds is 17. The van der Waals surface area contributed by atoms with Crippen molar-refractivity contribution in [3.63, 3.8) is 0 Å². The summed E-state index contributed by atoms with van der Waals surface area (Å²) in [6.45, 7) is 4.37. The molecular formula is C42H55N7O8. The number of carbonyl (C=O) groups is 5. The number of carbonyl (C=O) groups excluding carboxylic acids is 4. The van der Waals surface area contributed by atoms with Crippen LogP contribution in [0.25, 0.3) is 11.1 Å². The molecule has 0 aromatic heterocycles. The van der Waals surface area contributed by atoms with E-state index in [-0.39, 0.29) is 39.3 Å². The highest BCUT2D eigenvalue weighted by molar-refractivity contribution is 6.00. The summed E-state index contributed by atoms with van der Waals surface area (Å²) in [6, 6.07) is 12.5. The minimum absolute atomic E-state index is 0.00945. The van der Waals surface area contributed by atoms with Gasteiger partial charge in [-0.05, 0) is 72.9 Å². The summed E-state index contributed by atoms with van der Waals surface area (Å²) < 4.78 is 12.0. The van der Waals surface area contributed by atoms with Crippen LogP contribution in [0.3, 0.4) is 0 Å². The molecule has 4 atom stereocenters. The fourth-order valence-electron chi connectivity index (χ4n) is 6.97. The lowest BCUT2D eigenvalue weighted by Gasteiger charge is -2.29. The van der Waals surface area contributed by atoms with Crippen molar-refractivity contribution >= 4 is 29.6 Å². The summed E-state index contributed by atoms with van der Waals surface area (Å²) in [5.41, 5.74) is 18.0. The number of unbranched alkanes of at least 4 members (excludes halogenated alkanes) is 5. The third-order valence-electron chi connectivity index (χ3n) is 10.1. The summed E-state index contributed by atoms with van der Waals surface area (Å²) in [5.74, 6) is -2.95. The average Bonchev–Trinajstić information content (AvgIpc) is 3.55. The van der Waals surface area contributed by atoms with E-state index in [4.69, 9.17) is 20.9 Å². The first-order chi connectivity index (χ1) is 27.5. The van der Waals surface area contributed by atoms with Gasteiger partial charge in [0.15, 0.2) is 6.04 Å². The van der Waals surface area contributed by atoms with E-state index in [1.807, 2.05) is 12.1 Å². The number of carboxylic acids is 1. The Hall–Kier alpha value is -5.51. The predicted octanol–water partition coefficient (Wildman–Crippen LogP) is 2.75. The topological polar surface area (TPSA) is 227 Å². The molecule has 0 saturated carbocycles. The molecule has 15 heteroatoms. The van der Waals surface area contributed by atoms with E-state index in [9.17, 15) is 29.1 Å². The number of aliphatic carboxylic acids is 1.